The zero-order chi connectivity index (χ0) is 10.5. The van der Waals surface area contributed by atoms with Crippen LogP contribution in [-0.2, 0) is 13.1 Å². The zero-order valence-corrected chi connectivity index (χ0v) is 9.13. The second-order valence-corrected chi connectivity index (χ2v) is 4.19. The monoisotopic (exact) mass is 219 g/mol. The number of nitrogens with zero attached hydrogens (tertiary/aromatic N) is 1. The minimum Gasteiger partial charge on any atom is -0.366 e. The van der Waals surface area contributed by atoms with Crippen molar-refractivity contribution in [2.45, 2.75) is 13.1 Å². The van der Waals surface area contributed by atoms with Crippen molar-refractivity contribution in [2.24, 2.45) is 5.73 Å². The van der Waals surface area contributed by atoms with Crippen LogP contribution in [0.15, 0.2) is 35.8 Å². The van der Waals surface area contributed by atoms with Gasteiger partial charge in [0.2, 0.25) is 0 Å². The molecule has 2 aromatic heterocycles. The Morgan fingerprint density at radius 1 is 1.40 bits per heavy atom. The lowest BCUT2D eigenvalue weighted by molar-refractivity contribution is 1.08. The van der Waals surface area contributed by atoms with Gasteiger partial charge < -0.3 is 11.1 Å². The lowest BCUT2D eigenvalue weighted by Gasteiger charge is -2.02. The molecule has 0 unspecified atom stereocenters. The highest BCUT2D eigenvalue weighted by molar-refractivity contribution is 7.10. The highest BCUT2D eigenvalue weighted by atomic mass is 32.1. The van der Waals surface area contributed by atoms with Gasteiger partial charge in [-0.3, -0.25) is 0 Å². The summed E-state index contributed by atoms with van der Waals surface area (Å²) in [5.74, 6) is 0.901. The van der Waals surface area contributed by atoms with Gasteiger partial charge in [-0.25, -0.2) is 4.98 Å². The van der Waals surface area contributed by atoms with E-state index < -0.39 is 0 Å². The zero-order valence-electron chi connectivity index (χ0n) is 8.31. The van der Waals surface area contributed by atoms with Crippen LogP contribution >= 0.6 is 11.3 Å². The quantitative estimate of drug-likeness (QED) is 0.829. The molecule has 0 bridgehead atoms. The van der Waals surface area contributed by atoms with Crippen molar-refractivity contribution in [3.05, 3.63) is 46.3 Å². The molecule has 3 nitrogen and oxygen atoms in total. The van der Waals surface area contributed by atoms with E-state index in [4.69, 9.17) is 5.73 Å². The average Bonchev–Trinajstić information content (AvgIpc) is 2.76. The molecular weight excluding hydrogens is 206 g/mol. The molecule has 0 radical (unpaired) electrons. The van der Waals surface area contributed by atoms with Crippen LogP contribution in [0.25, 0.3) is 0 Å². The maximum absolute atomic E-state index is 5.55. The van der Waals surface area contributed by atoms with E-state index in [1.165, 1.54) is 10.4 Å². The van der Waals surface area contributed by atoms with Gasteiger partial charge in [0.15, 0.2) is 0 Å². The van der Waals surface area contributed by atoms with Gasteiger partial charge in [0.25, 0.3) is 0 Å². The highest BCUT2D eigenvalue weighted by Gasteiger charge is 1.98. The SMILES string of the molecule is NCc1cc(CNc2ccccn2)cs1. The van der Waals surface area contributed by atoms with Crippen LogP contribution < -0.4 is 11.1 Å². The molecule has 0 aromatic carbocycles. The van der Waals surface area contributed by atoms with Gasteiger partial charge in [-0.05, 0) is 29.1 Å². The van der Waals surface area contributed by atoms with E-state index in [1.807, 2.05) is 18.2 Å². The minimum absolute atomic E-state index is 0.619. The molecule has 0 spiro atoms. The van der Waals surface area contributed by atoms with Gasteiger partial charge in [-0.1, -0.05) is 6.07 Å². The van der Waals surface area contributed by atoms with Gasteiger partial charge in [-0.15, -0.1) is 11.3 Å². The Balaban J connectivity index is 1.93. The standard InChI is InChI=1S/C11H13N3S/c12-6-10-5-9(8-15-10)7-14-11-3-1-2-4-13-11/h1-5,8H,6-7,12H2,(H,13,14). The predicted molar refractivity (Wildman–Crippen MR) is 63.8 cm³/mol. The predicted octanol–water partition coefficient (Wildman–Crippen LogP) is 2.21. The third-order valence-corrected chi connectivity index (χ3v) is 3.06. The minimum atomic E-state index is 0.619. The number of rotatable bonds is 4. The third-order valence-electron chi connectivity index (χ3n) is 2.05. The van der Waals surface area contributed by atoms with Gasteiger partial charge in [0, 0.05) is 24.2 Å². The van der Waals surface area contributed by atoms with E-state index in [2.05, 4.69) is 21.7 Å². The number of thiophene rings is 1. The molecule has 0 aliphatic rings. The molecule has 15 heavy (non-hydrogen) atoms. The molecular formula is C11H13N3S. The maximum Gasteiger partial charge on any atom is 0.126 e. The van der Waals surface area contributed by atoms with E-state index in [0.29, 0.717) is 6.54 Å². The lowest BCUT2D eigenvalue weighted by atomic mass is 10.3. The summed E-state index contributed by atoms with van der Waals surface area (Å²) in [6.45, 7) is 1.42. The number of aromatic nitrogens is 1. The van der Waals surface area contributed by atoms with Gasteiger partial charge >= 0.3 is 0 Å². The smallest absolute Gasteiger partial charge is 0.126 e. The number of nitrogens with two attached hydrogens (primary N) is 1. The highest BCUT2D eigenvalue weighted by Crippen LogP contribution is 2.14. The Bertz CT molecular complexity index is 411. The number of anilines is 1. The van der Waals surface area contributed by atoms with Gasteiger partial charge in [0.05, 0.1) is 0 Å². The maximum atomic E-state index is 5.55. The largest absolute Gasteiger partial charge is 0.366 e. The summed E-state index contributed by atoms with van der Waals surface area (Å²) in [4.78, 5) is 5.40. The Labute approximate surface area is 93.0 Å². The van der Waals surface area contributed by atoms with E-state index in [9.17, 15) is 0 Å². The first-order valence-electron chi connectivity index (χ1n) is 4.80. The second kappa shape index (κ2) is 4.91. The summed E-state index contributed by atoms with van der Waals surface area (Å²) in [7, 11) is 0. The Kier molecular flexibility index (Phi) is 3.32. The summed E-state index contributed by atoms with van der Waals surface area (Å²) < 4.78 is 0. The van der Waals surface area contributed by atoms with Crippen LogP contribution in [0.4, 0.5) is 5.82 Å². The second-order valence-electron chi connectivity index (χ2n) is 3.19. The molecule has 0 saturated heterocycles. The fourth-order valence-corrected chi connectivity index (χ4v) is 2.06. The molecule has 2 heterocycles. The third kappa shape index (κ3) is 2.78. The van der Waals surface area contributed by atoms with Crippen LogP contribution in [0.3, 0.4) is 0 Å². The topological polar surface area (TPSA) is 50.9 Å². The molecule has 0 aliphatic heterocycles. The lowest BCUT2D eigenvalue weighted by Crippen LogP contribution is -1.99. The first-order valence-corrected chi connectivity index (χ1v) is 5.67. The summed E-state index contributed by atoms with van der Waals surface area (Å²) in [6.07, 6.45) is 1.78. The van der Waals surface area contributed by atoms with Crippen LogP contribution in [0, 0.1) is 0 Å². The Hall–Kier alpha value is -1.39. The first kappa shape index (κ1) is 10.1. The fourth-order valence-electron chi connectivity index (χ4n) is 1.29. The van der Waals surface area contributed by atoms with Crippen LogP contribution in [0.1, 0.15) is 10.4 Å². The molecule has 2 aromatic rings. The summed E-state index contributed by atoms with van der Waals surface area (Å²) >= 11 is 1.70. The Morgan fingerprint density at radius 3 is 3.00 bits per heavy atom. The van der Waals surface area contributed by atoms with Crippen molar-refractivity contribution in [1.29, 1.82) is 0 Å². The van der Waals surface area contributed by atoms with E-state index in [-0.39, 0.29) is 0 Å². The van der Waals surface area contributed by atoms with E-state index in [0.717, 1.165) is 12.4 Å². The average molecular weight is 219 g/mol. The fraction of sp³-hybridized carbons (Fsp3) is 0.182. The van der Waals surface area contributed by atoms with Crippen molar-refractivity contribution in [2.75, 3.05) is 5.32 Å². The van der Waals surface area contributed by atoms with E-state index >= 15 is 0 Å². The normalized spacial score (nSPS) is 10.2. The number of pyridine rings is 1. The molecule has 0 fully saturated rings. The molecule has 78 valence electrons. The summed E-state index contributed by atoms with van der Waals surface area (Å²) in [5, 5.41) is 5.38. The summed E-state index contributed by atoms with van der Waals surface area (Å²) in [6, 6.07) is 7.95. The summed E-state index contributed by atoms with van der Waals surface area (Å²) in [5.41, 5.74) is 6.80. The van der Waals surface area contributed by atoms with E-state index in [1.54, 1.807) is 17.5 Å². The van der Waals surface area contributed by atoms with Crippen molar-refractivity contribution >= 4 is 17.2 Å². The molecule has 0 aliphatic carbocycles. The van der Waals surface area contributed by atoms with Crippen LogP contribution in [-0.4, -0.2) is 4.98 Å². The number of hydrogen-bond acceptors (Lipinski definition) is 4. The van der Waals surface area contributed by atoms with Crippen molar-refractivity contribution in [3.63, 3.8) is 0 Å². The van der Waals surface area contributed by atoms with Crippen molar-refractivity contribution in [3.8, 4) is 0 Å². The number of nitrogens with one attached hydrogen (secondary N) is 1. The van der Waals surface area contributed by atoms with Crippen LogP contribution in [0.5, 0.6) is 0 Å². The molecule has 0 amide bonds. The molecule has 0 atom stereocenters. The Morgan fingerprint density at radius 2 is 2.33 bits per heavy atom. The first-order chi connectivity index (χ1) is 7.38. The van der Waals surface area contributed by atoms with Crippen LogP contribution in [0.2, 0.25) is 0 Å². The molecule has 2 rings (SSSR count). The molecule has 4 heteroatoms. The molecule has 3 N–H and O–H groups in total. The number of hydrogen-bond donors (Lipinski definition) is 2. The van der Waals surface area contributed by atoms with Gasteiger partial charge in [0.1, 0.15) is 5.82 Å². The van der Waals surface area contributed by atoms with Crippen molar-refractivity contribution < 1.29 is 0 Å². The van der Waals surface area contributed by atoms with Gasteiger partial charge in [-0.2, -0.15) is 0 Å². The van der Waals surface area contributed by atoms with Crippen molar-refractivity contribution in [1.82, 2.24) is 4.98 Å². The molecule has 0 saturated carbocycles.